The first-order valence-corrected chi connectivity index (χ1v) is 7.22. The van der Waals surface area contributed by atoms with Crippen LogP contribution >= 0.6 is 23.4 Å². The summed E-state index contributed by atoms with van der Waals surface area (Å²) in [7, 11) is 0. The molecule has 0 saturated carbocycles. The van der Waals surface area contributed by atoms with Crippen molar-refractivity contribution in [3.8, 4) is 0 Å². The molecule has 1 nitrogen and oxygen atoms in total. The Hall–Kier alpha value is -1.25. The fraction of sp³-hybridized carbons (Fsp3) is 0.188. The van der Waals surface area contributed by atoms with Gasteiger partial charge in [0, 0.05) is 15.4 Å². The highest BCUT2D eigenvalue weighted by molar-refractivity contribution is 7.99. The van der Waals surface area contributed by atoms with Gasteiger partial charge in [-0.05, 0) is 56.2 Å². The second-order valence-corrected chi connectivity index (χ2v) is 6.07. The Balaban J connectivity index is 2.28. The lowest BCUT2D eigenvalue weighted by atomic mass is 10.1. The molecule has 0 atom stereocenters. The Morgan fingerprint density at radius 3 is 2.37 bits per heavy atom. The first-order valence-electron chi connectivity index (χ1n) is 6.03. The molecule has 98 valence electrons. The summed E-state index contributed by atoms with van der Waals surface area (Å²) < 4.78 is 0. The lowest BCUT2D eigenvalue weighted by molar-refractivity contribution is 0.101. The van der Waals surface area contributed by atoms with E-state index >= 15 is 0 Å². The molecule has 2 rings (SSSR count). The van der Waals surface area contributed by atoms with Gasteiger partial charge in [-0.15, -0.1) is 0 Å². The van der Waals surface area contributed by atoms with Crippen molar-refractivity contribution >= 4 is 29.1 Å². The van der Waals surface area contributed by atoms with Crippen LogP contribution in [-0.2, 0) is 0 Å². The highest BCUT2D eigenvalue weighted by Gasteiger charge is 2.07. The minimum atomic E-state index is 0.0321. The highest BCUT2D eigenvalue weighted by atomic mass is 35.5. The van der Waals surface area contributed by atoms with Crippen LogP contribution < -0.4 is 0 Å². The van der Waals surface area contributed by atoms with E-state index in [4.69, 9.17) is 11.6 Å². The van der Waals surface area contributed by atoms with Gasteiger partial charge in [-0.3, -0.25) is 4.79 Å². The van der Waals surface area contributed by atoms with E-state index in [-0.39, 0.29) is 5.78 Å². The second-order valence-electron chi connectivity index (χ2n) is 4.55. The number of hydrogen-bond acceptors (Lipinski definition) is 2. The number of aryl methyl sites for hydroxylation is 2. The molecule has 0 bridgehead atoms. The molecule has 0 fully saturated rings. The Morgan fingerprint density at radius 2 is 1.79 bits per heavy atom. The van der Waals surface area contributed by atoms with E-state index in [1.807, 2.05) is 12.1 Å². The third kappa shape index (κ3) is 3.40. The summed E-state index contributed by atoms with van der Waals surface area (Å²) in [6, 6.07) is 11.8. The first kappa shape index (κ1) is 14.2. The van der Waals surface area contributed by atoms with Gasteiger partial charge < -0.3 is 0 Å². The quantitative estimate of drug-likeness (QED) is 0.713. The maximum atomic E-state index is 11.3. The standard InChI is InChI=1S/C16H15ClOS/c1-10-4-6-14(8-11(10)2)19-16-7-5-13(12(3)18)9-15(16)17/h4-9H,1-3H3. The van der Waals surface area contributed by atoms with E-state index < -0.39 is 0 Å². The zero-order valence-electron chi connectivity index (χ0n) is 11.2. The van der Waals surface area contributed by atoms with Gasteiger partial charge in [0.15, 0.2) is 5.78 Å². The molecule has 19 heavy (non-hydrogen) atoms. The average molecular weight is 291 g/mol. The predicted molar refractivity (Wildman–Crippen MR) is 81.5 cm³/mol. The number of ketones is 1. The molecule has 0 aliphatic rings. The zero-order valence-corrected chi connectivity index (χ0v) is 12.7. The summed E-state index contributed by atoms with van der Waals surface area (Å²) in [6.07, 6.45) is 0. The zero-order chi connectivity index (χ0) is 14.0. The Labute approximate surface area is 123 Å². The van der Waals surface area contributed by atoms with Crippen LogP contribution in [0, 0.1) is 13.8 Å². The Bertz CT molecular complexity index is 635. The summed E-state index contributed by atoms with van der Waals surface area (Å²) in [6.45, 7) is 5.74. The first-order chi connectivity index (χ1) is 8.97. The van der Waals surface area contributed by atoms with Crippen molar-refractivity contribution in [1.82, 2.24) is 0 Å². The number of carbonyl (C=O) groups excluding carboxylic acids is 1. The minimum Gasteiger partial charge on any atom is -0.295 e. The smallest absolute Gasteiger partial charge is 0.159 e. The molecule has 0 radical (unpaired) electrons. The highest BCUT2D eigenvalue weighted by Crippen LogP contribution is 2.34. The van der Waals surface area contributed by atoms with Crippen LogP contribution in [-0.4, -0.2) is 5.78 Å². The molecular formula is C16H15ClOS. The fourth-order valence-corrected chi connectivity index (χ4v) is 2.92. The molecular weight excluding hydrogens is 276 g/mol. The monoisotopic (exact) mass is 290 g/mol. The lowest BCUT2D eigenvalue weighted by Crippen LogP contribution is -1.91. The normalized spacial score (nSPS) is 10.5. The minimum absolute atomic E-state index is 0.0321. The van der Waals surface area contributed by atoms with Crippen molar-refractivity contribution in [3.63, 3.8) is 0 Å². The summed E-state index contributed by atoms with van der Waals surface area (Å²) >= 11 is 7.84. The van der Waals surface area contributed by atoms with E-state index in [2.05, 4.69) is 32.0 Å². The van der Waals surface area contributed by atoms with Crippen LogP contribution in [0.25, 0.3) is 0 Å². The second kappa shape index (κ2) is 5.81. The van der Waals surface area contributed by atoms with Gasteiger partial charge in [0.25, 0.3) is 0 Å². The fourth-order valence-electron chi connectivity index (χ4n) is 1.71. The topological polar surface area (TPSA) is 17.1 Å². The van der Waals surface area contributed by atoms with E-state index in [1.54, 1.807) is 24.8 Å². The molecule has 0 heterocycles. The SMILES string of the molecule is CC(=O)c1ccc(Sc2ccc(C)c(C)c2)c(Cl)c1. The van der Waals surface area contributed by atoms with Gasteiger partial charge in [0.1, 0.15) is 0 Å². The number of Topliss-reactive ketones (excluding diaryl/α,β-unsaturated/α-hetero) is 1. The van der Waals surface area contributed by atoms with Gasteiger partial charge in [0.05, 0.1) is 5.02 Å². The maximum Gasteiger partial charge on any atom is 0.159 e. The van der Waals surface area contributed by atoms with Gasteiger partial charge in [-0.1, -0.05) is 35.5 Å². The lowest BCUT2D eigenvalue weighted by Gasteiger charge is -2.07. The number of rotatable bonds is 3. The van der Waals surface area contributed by atoms with E-state index in [0.29, 0.717) is 10.6 Å². The number of halogens is 1. The van der Waals surface area contributed by atoms with Crippen molar-refractivity contribution in [1.29, 1.82) is 0 Å². The summed E-state index contributed by atoms with van der Waals surface area (Å²) in [4.78, 5) is 13.4. The van der Waals surface area contributed by atoms with E-state index in [0.717, 1.165) is 9.79 Å². The molecule has 0 spiro atoms. The molecule has 0 aliphatic heterocycles. The predicted octanol–water partition coefficient (Wildman–Crippen LogP) is 5.31. The molecule has 0 amide bonds. The van der Waals surface area contributed by atoms with E-state index in [9.17, 15) is 4.79 Å². The van der Waals surface area contributed by atoms with E-state index in [1.165, 1.54) is 11.1 Å². The summed E-state index contributed by atoms with van der Waals surface area (Å²) in [5.41, 5.74) is 3.19. The van der Waals surface area contributed by atoms with Crippen molar-refractivity contribution in [2.45, 2.75) is 30.6 Å². The number of benzene rings is 2. The molecule has 0 saturated heterocycles. The van der Waals surface area contributed by atoms with Gasteiger partial charge in [-0.25, -0.2) is 0 Å². The molecule has 0 aromatic heterocycles. The summed E-state index contributed by atoms with van der Waals surface area (Å²) in [5, 5.41) is 0.621. The largest absolute Gasteiger partial charge is 0.295 e. The van der Waals surface area contributed by atoms with Crippen LogP contribution in [0.2, 0.25) is 5.02 Å². The molecule has 3 heteroatoms. The van der Waals surface area contributed by atoms with Gasteiger partial charge in [0.2, 0.25) is 0 Å². The van der Waals surface area contributed by atoms with Crippen molar-refractivity contribution in [3.05, 3.63) is 58.1 Å². The number of hydrogen-bond donors (Lipinski definition) is 0. The van der Waals surface area contributed by atoms with Gasteiger partial charge in [-0.2, -0.15) is 0 Å². The van der Waals surface area contributed by atoms with Crippen molar-refractivity contribution in [2.75, 3.05) is 0 Å². The van der Waals surface area contributed by atoms with Crippen LogP contribution in [0.4, 0.5) is 0 Å². The third-order valence-electron chi connectivity index (χ3n) is 3.04. The van der Waals surface area contributed by atoms with Crippen LogP contribution in [0.15, 0.2) is 46.2 Å². The molecule has 2 aromatic rings. The van der Waals surface area contributed by atoms with Crippen molar-refractivity contribution in [2.24, 2.45) is 0 Å². The summed E-state index contributed by atoms with van der Waals surface area (Å²) in [5.74, 6) is 0.0321. The maximum absolute atomic E-state index is 11.3. The van der Waals surface area contributed by atoms with Crippen molar-refractivity contribution < 1.29 is 4.79 Å². The molecule has 0 unspecified atom stereocenters. The Morgan fingerprint density at radius 1 is 1.05 bits per heavy atom. The van der Waals surface area contributed by atoms with Crippen LogP contribution in [0.5, 0.6) is 0 Å². The van der Waals surface area contributed by atoms with Crippen LogP contribution in [0.3, 0.4) is 0 Å². The van der Waals surface area contributed by atoms with Crippen LogP contribution in [0.1, 0.15) is 28.4 Å². The van der Waals surface area contributed by atoms with Gasteiger partial charge >= 0.3 is 0 Å². The average Bonchev–Trinajstić information content (AvgIpc) is 2.36. The number of carbonyl (C=O) groups is 1. The molecule has 2 aromatic carbocycles. The molecule has 0 aliphatic carbocycles. The third-order valence-corrected chi connectivity index (χ3v) is 4.53. The molecule has 0 N–H and O–H groups in total. The Kier molecular flexibility index (Phi) is 4.33.